The van der Waals surface area contributed by atoms with Gasteiger partial charge in [0.1, 0.15) is 12.4 Å². The first-order valence-corrected chi connectivity index (χ1v) is 18.0. The molecule has 2 fully saturated rings. The Morgan fingerprint density at radius 1 is 0.959 bits per heavy atom. The number of unbranched alkanes of at least 4 members (excludes halogenated alkanes) is 1. The summed E-state index contributed by atoms with van der Waals surface area (Å²) < 4.78 is 55.1. The molecule has 2 aromatic rings. The van der Waals surface area contributed by atoms with Gasteiger partial charge in [-0.05, 0) is 136 Å². The second kappa shape index (κ2) is 15.0. The molecule has 0 amide bonds. The van der Waals surface area contributed by atoms with E-state index in [1.165, 1.54) is 11.1 Å². The van der Waals surface area contributed by atoms with Crippen LogP contribution in [-0.4, -0.2) is 34.7 Å². The van der Waals surface area contributed by atoms with Crippen molar-refractivity contribution in [1.82, 2.24) is 0 Å². The van der Waals surface area contributed by atoms with Gasteiger partial charge in [0.2, 0.25) is 5.24 Å². The molecule has 5 nitrogen and oxygen atoms in total. The van der Waals surface area contributed by atoms with Gasteiger partial charge in [-0.15, -0.1) is 0 Å². The maximum Gasteiger partial charge on any atom is 0.417 e. The lowest BCUT2D eigenvalue weighted by atomic mass is 9.52. The lowest BCUT2D eigenvalue weighted by molar-refractivity contribution is -0.300. The van der Waals surface area contributed by atoms with E-state index in [1.807, 2.05) is 36.4 Å². The van der Waals surface area contributed by atoms with Crippen molar-refractivity contribution in [2.75, 3.05) is 6.61 Å². The molecule has 2 saturated carbocycles. The van der Waals surface area contributed by atoms with Gasteiger partial charge in [0.05, 0.1) is 12.0 Å². The number of rotatable bonds is 8. The van der Waals surface area contributed by atoms with Crippen molar-refractivity contribution >= 4 is 22.8 Å². The van der Waals surface area contributed by atoms with E-state index in [0.29, 0.717) is 38.7 Å². The van der Waals surface area contributed by atoms with Crippen molar-refractivity contribution in [3.63, 3.8) is 0 Å². The zero-order valence-corrected chi connectivity index (χ0v) is 30.8. The smallest absolute Gasteiger partial charge is 0.417 e. The van der Waals surface area contributed by atoms with Gasteiger partial charge in [-0.3, -0.25) is 9.59 Å². The predicted molar refractivity (Wildman–Crippen MR) is 186 cm³/mol. The molecule has 49 heavy (non-hydrogen) atoms. The summed E-state index contributed by atoms with van der Waals surface area (Å²) in [6.45, 7) is 13.2. The van der Waals surface area contributed by atoms with Crippen LogP contribution in [-0.2, 0) is 27.4 Å². The molecule has 272 valence electrons. The number of carbonyl (C=O) groups is 2. The summed E-state index contributed by atoms with van der Waals surface area (Å²) >= 11 is 5.11. The van der Waals surface area contributed by atoms with Crippen LogP contribution in [0.1, 0.15) is 116 Å². The van der Waals surface area contributed by atoms with E-state index in [2.05, 4.69) is 12.1 Å². The van der Waals surface area contributed by atoms with E-state index in [0.717, 1.165) is 24.2 Å². The third kappa shape index (κ3) is 8.66. The topological polar surface area (TPSA) is 72.8 Å². The normalized spacial score (nSPS) is 27.9. The van der Waals surface area contributed by atoms with Gasteiger partial charge in [0, 0.05) is 10.8 Å². The van der Waals surface area contributed by atoms with Crippen molar-refractivity contribution in [3.05, 3.63) is 65.2 Å². The van der Waals surface area contributed by atoms with E-state index < -0.39 is 22.6 Å². The van der Waals surface area contributed by atoms with Crippen LogP contribution in [0, 0.1) is 34.0 Å². The molecule has 0 radical (unpaired) electrons. The summed E-state index contributed by atoms with van der Waals surface area (Å²) in [5.41, 5.74) is -1.30. The van der Waals surface area contributed by atoms with Crippen LogP contribution in [0.5, 0.6) is 5.75 Å². The molecule has 2 aromatic carbocycles. The van der Waals surface area contributed by atoms with Crippen LogP contribution in [0.2, 0.25) is 0 Å². The number of benzene rings is 2. The Balaban J connectivity index is 0.000000698. The first kappa shape index (κ1) is 39.2. The number of ether oxygens (including phenoxy) is 2. The van der Waals surface area contributed by atoms with Crippen LogP contribution >= 0.6 is 11.6 Å². The first-order valence-electron chi connectivity index (χ1n) is 17.6. The second-order valence-electron chi connectivity index (χ2n) is 16.7. The zero-order chi connectivity index (χ0) is 36.4. The number of esters is 1. The highest BCUT2D eigenvalue weighted by atomic mass is 35.5. The van der Waals surface area contributed by atoms with Crippen molar-refractivity contribution in [1.29, 1.82) is 0 Å². The Kier molecular flexibility index (Phi) is 12.0. The van der Waals surface area contributed by atoms with Gasteiger partial charge in [0.15, 0.2) is 5.60 Å². The Bertz CT molecular complexity index is 1450. The minimum absolute atomic E-state index is 0.0902. The van der Waals surface area contributed by atoms with Crippen molar-refractivity contribution in [2.45, 2.75) is 124 Å². The quantitative estimate of drug-likeness (QED) is 0.168. The first-order chi connectivity index (χ1) is 22.7. The molecule has 0 spiro atoms. The van der Waals surface area contributed by atoms with Crippen molar-refractivity contribution in [2.24, 2.45) is 34.0 Å². The number of aryl methyl sites for hydroxylation is 1. The van der Waals surface area contributed by atoms with E-state index in [4.69, 9.17) is 21.1 Å². The third-order valence-corrected chi connectivity index (χ3v) is 11.6. The van der Waals surface area contributed by atoms with Crippen LogP contribution in [0.4, 0.5) is 13.2 Å². The molecule has 0 bridgehead atoms. The van der Waals surface area contributed by atoms with Crippen molar-refractivity contribution in [3.8, 4) is 5.75 Å². The lowest BCUT2D eigenvalue weighted by Crippen LogP contribution is -2.58. The van der Waals surface area contributed by atoms with Gasteiger partial charge < -0.3 is 14.6 Å². The highest BCUT2D eigenvalue weighted by molar-refractivity contribution is 6.64. The second-order valence-corrected chi connectivity index (χ2v) is 17.0. The Labute approximate surface area is 295 Å². The van der Waals surface area contributed by atoms with E-state index in [-0.39, 0.29) is 53.3 Å². The van der Waals surface area contributed by atoms with Crippen LogP contribution < -0.4 is 4.74 Å². The minimum Gasteiger partial charge on any atom is -0.489 e. The number of halogens is 4. The van der Waals surface area contributed by atoms with E-state index >= 15 is 0 Å². The number of hydrogen-bond donors (Lipinski definition) is 1. The molecule has 3 aliphatic rings. The standard InChI is InChI=1S/C35H45F3O4.C5H9ClO/c1-32(2,3)31(39)41-19-9-8-12-25-21-34(40,35(36,37)38)33(4)18-17-28-27-16-14-26(42-22-23-10-6-5-7-11-23)20-24(27)13-15-29(28)30(25)33;1-5(2,3)4(6)7/h5-7,10-11,14,16,20,25,28-30,40H,8-9,12-13,15,17-19,21-22H2,1-4H3;1-3H3/t25?,28-,29-,30+,33+,34?;/m1./s1. The SMILES string of the molecule is CC(C)(C)C(=O)Cl.CC(C)(C)C(=O)OCCCCC1CC(O)(C(F)(F)F)[C@@]2(C)CC[C@@H]3c4ccc(OCc5ccccc5)cc4CC[C@H]3[C@H]12. The number of fused-ring (bicyclic) bond motifs is 5. The monoisotopic (exact) mass is 706 g/mol. The van der Waals surface area contributed by atoms with Gasteiger partial charge in [0.25, 0.3) is 0 Å². The summed E-state index contributed by atoms with van der Waals surface area (Å²) in [6, 6.07) is 16.2. The molecule has 2 unspecified atom stereocenters. The fourth-order valence-corrected chi connectivity index (χ4v) is 8.34. The summed E-state index contributed by atoms with van der Waals surface area (Å²) in [5.74, 6) is 0.360. The summed E-state index contributed by atoms with van der Waals surface area (Å²) in [7, 11) is 0. The summed E-state index contributed by atoms with van der Waals surface area (Å²) in [6.07, 6.45) is -0.465. The number of alkyl halides is 3. The van der Waals surface area contributed by atoms with Gasteiger partial charge in [-0.1, -0.05) is 64.1 Å². The van der Waals surface area contributed by atoms with Crippen molar-refractivity contribution < 1.29 is 37.3 Å². The molecular weight excluding hydrogens is 653 g/mol. The average Bonchev–Trinajstić information content (AvgIpc) is 3.26. The Hall–Kier alpha value is -2.58. The maximum atomic E-state index is 14.6. The molecule has 5 rings (SSSR count). The van der Waals surface area contributed by atoms with E-state index in [9.17, 15) is 27.9 Å². The molecule has 3 aliphatic carbocycles. The molecule has 0 aliphatic heterocycles. The molecule has 9 heteroatoms. The highest BCUT2D eigenvalue weighted by Crippen LogP contribution is 2.69. The largest absolute Gasteiger partial charge is 0.489 e. The fourth-order valence-electron chi connectivity index (χ4n) is 8.34. The molecule has 0 aromatic heterocycles. The predicted octanol–water partition coefficient (Wildman–Crippen LogP) is 10.2. The minimum atomic E-state index is -4.68. The molecule has 0 saturated heterocycles. The van der Waals surface area contributed by atoms with Crippen LogP contribution in [0.25, 0.3) is 0 Å². The lowest BCUT2D eigenvalue weighted by Gasteiger charge is -2.54. The zero-order valence-electron chi connectivity index (χ0n) is 30.1. The molecule has 0 heterocycles. The van der Waals surface area contributed by atoms with Gasteiger partial charge >= 0.3 is 12.1 Å². The Morgan fingerprint density at radius 2 is 1.61 bits per heavy atom. The maximum absolute atomic E-state index is 14.6. The third-order valence-electron chi connectivity index (χ3n) is 11.1. The molecular formula is C40H54ClF3O5. The van der Waals surface area contributed by atoms with Gasteiger partial charge in [-0.2, -0.15) is 13.2 Å². The highest BCUT2D eigenvalue weighted by Gasteiger charge is 2.73. The molecule has 6 atom stereocenters. The Morgan fingerprint density at radius 3 is 2.20 bits per heavy atom. The van der Waals surface area contributed by atoms with E-state index in [1.54, 1.807) is 48.5 Å². The number of aliphatic hydroxyl groups is 1. The van der Waals surface area contributed by atoms with Crippen LogP contribution in [0.3, 0.4) is 0 Å². The molecule has 1 N–H and O–H groups in total. The summed E-state index contributed by atoms with van der Waals surface area (Å²) in [5, 5.41) is 11.1. The fraction of sp³-hybridized carbons (Fsp3) is 0.650. The van der Waals surface area contributed by atoms with Gasteiger partial charge in [-0.25, -0.2) is 0 Å². The number of hydrogen-bond acceptors (Lipinski definition) is 5. The average molecular weight is 707 g/mol. The van der Waals surface area contributed by atoms with Crippen LogP contribution in [0.15, 0.2) is 48.5 Å². The summed E-state index contributed by atoms with van der Waals surface area (Å²) in [4.78, 5) is 22.3. The number of carbonyl (C=O) groups excluding carboxylic acids is 2.